The molecule has 0 radical (unpaired) electrons. The predicted octanol–water partition coefficient (Wildman–Crippen LogP) is 4.01. The topological polar surface area (TPSA) is 105 Å². The maximum absolute atomic E-state index is 13.8. The van der Waals surface area contributed by atoms with E-state index in [-0.39, 0.29) is 22.5 Å². The Labute approximate surface area is 226 Å². The predicted molar refractivity (Wildman–Crippen MR) is 140 cm³/mol. The molecule has 0 aliphatic carbocycles. The summed E-state index contributed by atoms with van der Waals surface area (Å²) in [6, 6.07) is 2.03. The summed E-state index contributed by atoms with van der Waals surface area (Å²) in [6.07, 6.45) is -0.697. The Balaban J connectivity index is 1.30. The van der Waals surface area contributed by atoms with E-state index in [9.17, 15) is 13.2 Å². The molecule has 0 spiro atoms. The summed E-state index contributed by atoms with van der Waals surface area (Å²) in [5, 5.41) is 16.5. The van der Waals surface area contributed by atoms with Gasteiger partial charge in [0.05, 0.1) is 49.4 Å². The molecule has 6 heterocycles. The van der Waals surface area contributed by atoms with Crippen LogP contribution in [0.3, 0.4) is 0 Å². The maximum Gasteiger partial charge on any atom is 0.393 e. The maximum atomic E-state index is 13.8. The second kappa shape index (κ2) is 9.75. The van der Waals surface area contributed by atoms with Gasteiger partial charge >= 0.3 is 6.18 Å². The van der Waals surface area contributed by atoms with Crippen LogP contribution in [-0.4, -0.2) is 80.9 Å². The van der Waals surface area contributed by atoms with Gasteiger partial charge in [0.2, 0.25) is 0 Å². The van der Waals surface area contributed by atoms with Crippen LogP contribution in [-0.2, 0) is 11.2 Å². The van der Waals surface area contributed by atoms with Crippen molar-refractivity contribution in [3.8, 4) is 27.7 Å². The van der Waals surface area contributed by atoms with Crippen LogP contribution in [0.5, 0.6) is 5.75 Å². The zero-order chi connectivity index (χ0) is 27.4. The van der Waals surface area contributed by atoms with Crippen LogP contribution in [0.15, 0.2) is 18.6 Å². The molecule has 0 atom stereocenters. The molecule has 6 rings (SSSR count). The summed E-state index contributed by atoms with van der Waals surface area (Å²) in [7, 11) is 1.47. The third-order valence-electron chi connectivity index (χ3n) is 7.24. The first kappa shape index (κ1) is 26.0. The molecule has 39 heavy (non-hydrogen) atoms. The van der Waals surface area contributed by atoms with Crippen LogP contribution in [0.1, 0.15) is 31.0 Å². The highest BCUT2D eigenvalue weighted by Gasteiger charge is 2.37. The van der Waals surface area contributed by atoms with Crippen LogP contribution in [0, 0.1) is 6.92 Å². The van der Waals surface area contributed by atoms with Crippen molar-refractivity contribution in [3.05, 3.63) is 29.8 Å². The summed E-state index contributed by atoms with van der Waals surface area (Å²) in [5.41, 5.74) is 2.21. The van der Waals surface area contributed by atoms with E-state index >= 15 is 0 Å². The smallest absolute Gasteiger partial charge is 0.393 e. The van der Waals surface area contributed by atoms with Gasteiger partial charge in [-0.1, -0.05) is 11.3 Å². The van der Waals surface area contributed by atoms with Crippen molar-refractivity contribution >= 4 is 22.0 Å². The number of methoxy groups -OCH3 is 1. The van der Waals surface area contributed by atoms with Crippen molar-refractivity contribution in [2.75, 3.05) is 38.3 Å². The number of rotatable bonds is 7. The molecule has 0 bridgehead atoms. The van der Waals surface area contributed by atoms with Crippen LogP contribution in [0.4, 0.5) is 18.2 Å². The van der Waals surface area contributed by atoms with E-state index in [1.165, 1.54) is 29.3 Å². The minimum Gasteiger partial charge on any atom is -0.493 e. The monoisotopic (exact) mass is 562 g/mol. The van der Waals surface area contributed by atoms with E-state index < -0.39 is 12.6 Å². The van der Waals surface area contributed by atoms with Gasteiger partial charge in [0.1, 0.15) is 16.3 Å². The minimum atomic E-state index is -4.44. The third kappa shape index (κ3) is 5.08. The molecule has 10 nitrogen and oxygen atoms in total. The van der Waals surface area contributed by atoms with Crippen molar-refractivity contribution in [1.82, 2.24) is 35.1 Å². The molecule has 0 amide bonds. The number of H-pyrrole nitrogens is 1. The molecule has 2 N–H and O–H groups in total. The molecule has 4 aromatic heterocycles. The van der Waals surface area contributed by atoms with E-state index in [0.29, 0.717) is 28.0 Å². The normalized spacial score (nSPS) is 18.1. The number of anilines is 1. The van der Waals surface area contributed by atoms with Crippen molar-refractivity contribution in [2.45, 2.75) is 50.9 Å². The number of thiazole rings is 1. The summed E-state index contributed by atoms with van der Waals surface area (Å²) in [4.78, 5) is 11.1. The number of aromatic amines is 1. The van der Waals surface area contributed by atoms with Crippen LogP contribution >= 0.6 is 11.3 Å². The van der Waals surface area contributed by atoms with Crippen molar-refractivity contribution in [1.29, 1.82) is 0 Å². The number of piperidine rings is 1. The SMILES string of the molecule is COc1cc(-c2n[nH]c(-c3nc(C)c(N4CCC(NC5(C)COC5)CC4)s3)c2CC(F)(F)F)cn2ncnc12. The minimum absolute atomic E-state index is 0.0307. The standard InChI is InChI=1S/C25H29F3N8O2S/c1-14-23(35-6-4-16(5-7-35)32-24(2)11-38-12-24)39-22(31-14)20-17(9-25(26,27)28)19(33-34-20)15-8-18(37-3)21-29-13-30-36(21)10-15/h8,10,13,16,32H,4-7,9,11-12H2,1-3H3,(H,33,34). The Bertz CT molecular complexity index is 1480. The molecular formula is C25H29F3N8O2S. The van der Waals surface area contributed by atoms with Gasteiger partial charge in [-0.15, -0.1) is 0 Å². The fraction of sp³-hybridized carbons (Fsp3) is 0.520. The van der Waals surface area contributed by atoms with Gasteiger partial charge in [0.25, 0.3) is 0 Å². The number of hydrogen-bond acceptors (Lipinski definition) is 9. The average molecular weight is 563 g/mol. The third-order valence-corrected chi connectivity index (χ3v) is 8.48. The van der Waals surface area contributed by atoms with Gasteiger partial charge in [-0.2, -0.15) is 23.4 Å². The first-order valence-corrected chi connectivity index (χ1v) is 13.5. The lowest BCUT2D eigenvalue weighted by Crippen LogP contribution is -2.62. The zero-order valence-electron chi connectivity index (χ0n) is 21.8. The highest BCUT2D eigenvalue weighted by Crippen LogP contribution is 2.41. The number of hydrogen-bond donors (Lipinski definition) is 2. The second-order valence-electron chi connectivity index (χ2n) is 10.4. The highest BCUT2D eigenvalue weighted by atomic mass is 32.1. The van der Waals surface area contributed by atoms with Gasteiger partial charge in [0, 0.05) is 36.5 Å². The molecule has 4 aromatic rings. The molecule has 2 saturated heterocycles. The van der Waals surface area contributed by atoms with Crippen molar-refractivity contribution in [2.24, 2.45) is 0 Å². The summed E-state index contributed by atoms with van der Waals surface area (Å²) in [6.45, 7) is 7.24. The molecule has 0 unspecified atom stereocenters. The Morgan fingerprint density at radius 3 is 2.72 bits per heavy atom. The summed E-state index contributed by atoms with van der Waals surface area (Å²) < 4.78 is 53.6. The Morgan fingerprint density at radius 2 is 2.05 bits per heavy atom. The average Bonchev–Trinajstić information content (AvgIpc) is 3.60. The summed E-state index contributed by atoms with van der Waals surface area (Å²) >= 11 is 1.39. The van der Waals surface area contributed by atoms with E-state index in [1.54, 1.807) is 12.3 Å². The summed E-state index contributed by atoms with van der Waals surface area (Å²) in [5.74, 6) is 0.386. The molecular weight excluding hydrogens is 533 g/mol. The zero-order valence-corrected chi connectivity index (χ0v) is 22.6. The molecule has 2 aliphatic heterocycles. The molecule has 14 heteroatoms. The number of nitrogens with zero attached hydrogens (tertiary/aromatic N) is 6. The van der Waals surface area contributed by atoms with Crippen LogP contribution < -0.4 is 15.0 Å². The Kier molecular flexibility index (Phi) is 6.50. The number of ether oxygens (including phenoxy) is 2. The number of halogens is 3. The number of nitrogens with one attached hydrogen (secondary N) is 2. The first-order chi connectivity index (χ1) is 18.6. The number of pyridine rings is 1. The molecule has 2 aliphatic rings. The Morgan fingerprint density at radius 1 is 1.28 bits per heavy atom. The molecule has 208 valence electrons. The van der Waals surface area contributed by atoms with E-state index in [2.05, 4.69) is 42.4 Å². The lowest BCUT2D eigenvalue weighted by atomic mass is 9.95. The van der Waals surface area contributed by atoms with Gasteiger partial charge in [-0.05, 0) is 32.8 Å². The quantitative estimate of drug-likeness (QED) is 0.348. The number of aromatic nitrogens is 6. The van der Waals surface area contributed by atoms with Crippen LogP contribution in [0.2, 0.25) is 0 Å². The number of fused-ring (bicyclic) bond motifs is 1. The second-order valence-corrected chi connectivity index (χ2v) is 11.4. The highest BCUT2D eigenvalue weighted by molar-refractivity contribution is 7.19. The van der Waals surface area contributed by atoms with E-state index in [4.69, 9.17) is 9.47 Å². The van der Waals surface area contributed by atoms with Gasteiger partial charge in [-0.25, -0.2) is 14.5 Å². The van der Waals surface area contributed by atoms with Crippen LogP contribution in [0.25, 0.3) is 27.6 Å². The lowest BCUT2D eigenvalue weighted by molar-refractivity contribution is -0.127. The molecule has 2 fully saturated rings. The molecule has 0 aromatic carbocycles. The fourth-order valence-corrected chi connectivity index (χ4v) is 6.47. The number of alkyl halides is 3. The first-order valence-electron chi connectivity index (χ1n) is 12.7. The van der Waals surface area contributed by atoms with Gasteiger partial charge in [-0.3, -0.25) is 5.10 Å². The van der Waals surface area contributed by atoms with Crippen molar-refractivity contribution < 1.29 is 22.6 Å². The molecule has 0 saturated carbocycles. The van der Waals surface area contributed by atoms with Crippen molar-refractivity contribution in [3.63, 3.8) is 0 Å². The Hall–Kier alpha value is -3.23. The fourth-order valence-electron chi connectivity index (χ4n) is 5.33. The van der Waals surface area contributed by atoms with E-state index in [1.807, 2.05) is 6.92 Å². The lowest BCUT2D eigenvalue weighted by Gasteiger charge is -2.44. The van der Waals surface area contributed by atoms with Gasteiger partial charge in [0.15, 0.2) is 11.4 Å². The van der Waals surface area contributed by atoms with Gasteiger partial charge < -0.3 is 19.7 Å². The van der Waals surface area contributed by atoms with E-state index in [0.717, 1.165) is 49.8 Å². The number of aryl methyl sites for hydroxylation is 1. The largest absolute Gasteiger partial charge is 0.493 e.